The van der Waals surface area contributed by atoms with Crippen LogP contribution >= 0.6 is 0 Å². The Morgan fingerprint density at radius 1 is 1.26 bits per heavy atom. The summed E-state index contributed by atoms with van der Waals surface area (Å²) in [5, 5.41) is 9.44. The van der Waals surface area contributed by atoms with Crippen LogP contribution in [0.2, 0.25) is 0 Å². The van der Waals surface area contributed by atoms with E-state index in [1.165, 1.54) is 0 Å². The smallest absolute Gasteiger partial charge is 0.321 e. The molecular weight excluding hydrogens is 244 g/mol. The standard InChI is InChI=1S/C14H22N2O3/c1-15(10-5-6-10)12(17)8-16-7-9-3-2-4-11(9)13(16)14(18)19/h9-11,13H,2-8H2,1H3,(H,18,19). The predicted octanol–water partition coefficient (Wildman–Crippen LogP) is 0.792. The first-order valence-electron chi connectivity index (χ1n) is 7.30. The maximum atomic E-state index is 12.2. The van der Waals surface area contributed by atoms with E-state index in [4.69, 9.17) is 0 Å². The zero-order valence-electron chi connectivity index (χ0n) is 11.4. The Balaban J connectivity index is 1.66. The number of carboxylic acids is 1. The van der Waals surface area contributed by atoms with Gasteiger partial charge in [-0.3, -0.25) is 14.5 Å². The van der Waals surface area contributed by atoms with Gasteiger partial charge in [-0.2, -0.15) is 0 Å². The van der Waals surface area contributed by atoms with Crippen molar-refractivity contribution < 1.29 is 14.7 Å². The topological polar surface area (TPSA) is 60.9 Å². The first-order chi connectivity index (χ1) is 9.08. The van der Waals surface area contributed by atoms with Crippen molar-refractivity contribution in [3.05, 3.63) is 0 Å². The first-order valence-corrected chi connectivity index (χ1v) is 7.30. The Hall–Kier alpha value is -1.10. The van der Waals surface area contributed by atoms with Crippen LogP contribution in [-0.4, -0.2) is 59.0 Å². The van der Waals surface area contributed by atoms with Crippen LogP contribution in [0.15, 0.2) is 0 Å². The lowest BCUT2D eigenvalue weighted by Crippen LogP contribution is -2.45. The number of likely N-dealkylation sites (N-methyl/N-ethyl adjacent to an activating group) is 1. The summed E-state index contributed by atoms with van der Waals surface area (Å²) in [6, 6.07) is -0.0399. The summed E-state index contributed by atoms with van der Waals surface area (Å²) < 4.78 is 0. The molecule has 3 unspecified atom stereocenters. The molecule has 3 rings (SSSR count). The Morgan fingerprint density at radius 3 is 2.63 bits per heavy atom. The van der Waals surface area contributed by atoms with Gasteiger partial charge < -0.3 is 10.0 Å². The quantitative estimate of drug-likeness (QED) is 0.817. The molecule has 0 spiro atoms. The Kier molecular flexibility index (Phi) is 3.25. The average Bonchev–Trinajstić information content (AvgIpc) is 3.01. The van der Waals surface area contributed by atoms with Gasteiger partial charge in [0.15, 0.2) is 0 Å². The summed E-state index contributed by atoms with van der Waals surface area (Å²) in [6.07, 6.45) is 5.46. The van der Waals surface area contributed by atoms with Crippen molar-refractivity contribution in [2.45, 2.75) is 44.2 Å². The first kappa shape index (κ1) is 12.9. The zero-order valence-corrected chi connectivity index (χ0v) is 11.4. The van der Waals surface area contributed by atoms with Crippen LogP contribution < -0.4 is 0 Å². The molecule has 3 atom stereocenters. The highest BCUT2D eigenvalue weighted by molar-refractivity contribution is 5.80. The van der Waals surface area contributed by atoms with Gasteiger partial charge >= 0.3 is 5.97 Å². The predicted molar refractivity (Wildman–Crippen MR) is 69.6 cm³/mol. The second-order valence-corrected chi connectivity index (χ2v) is 6.30. The van der Waals surface area contributed by atoms with E-state index >= 15 is 0 Å². The van der Waals surface area contributed by atoms with E-state index in [1.807, 2.05) is 11.9 Å². The van der Waals surface area contributed by atoms with Crippen molar-refractivity contribution in [3.63, 3.8) is 0 Å². The number of aliphatic carboxylic acids is 1. The third kappa shape index (κ3) is 2.36. The molecule has 0 aromatic carbocycles. The fraction of sp³-hybridized carbons (Fsp3) is 0.857. The zero-order chi connectivity index (χ0) is 13.6. The fourth-order valence-corrected chi connectivity index (χ4v) is 3.85. The SMILES string of the molecule is CN(C(=O)CN1CC2CCCC2C1C(=O)O)C1CC1. The van der Waals surface area contributed by atoms with Gasteiger partial charge in [0.05, 0.1) is 6.54 Å². The highest BCUT2D eigenvalue weighted by Gasteiger charge is 2.48. The maximum absolute atomic E-state index is 12.2. The summed E-state index contributed by atoms with van der Waals surface area (Å²) in [4.78, 5) is 27.3. The minimum Gasteiger partial charge on any atom is -0.480 e. The molecule has 1 saturated heterocycles. The van der Waals surface area contributed by atoms with Crippen molar-refractivity contribution in [1.82, 2.24) is 9.80 Å². The maximum Gasteiger partial charge on any atom is 0.321 e. The lowest BCUT2D eigenvalue weighted by Gasteiger charge is -2.26. The number of likely N-dealkylation sites (tertiary alicyclic amines) is 1. The van der Waals surface area contributed by atoms with Crippen LogP contribution in [0, 0.1) is 11.8 Å². The number of carboxylic acid groups (broad SMARTS) is 1. The monoisotopic (exact) mass is 266 g/mol. The average molecular weight is 266 g/mol. The van der Waals surface area contributed by atoms with Gasteiger partial charge in [-0.15, -0.1) is 0 Å². The third-order valence-electron chi connectivity index (χ3n) is 5.07. The number of hydrogen-bond donors (Lipinski definition) is 1. The Bertz CT molecular complexity index is 394. The number of fused-ring (bicyclic) bond motifs is 1. The second kappa shape index (κ2) is 4.78. The molecule has 1 aliphatic heterocycles. The van der Waals surface area contributed by atoms with Crippen molar-refractivity contribution in [1.29, 1.82) is 0 Å². The number of amides is 1. The van der Waals surface area contributed by atoms with Gasteiger partial charge in [-0.25, -0.2) is 0 Å². The van der Waals surface area contributed by atoms with E-state index in [9.17, 15) is 14.7 Å². The number of rotatable bonds is 4. The third-order valence-corrected chi connectivity index (χ3v) is 5.07. The van der Waals surface area contributed by atoms with E-state index in [2.05, 4.69) is 0 Å². The number of carbonyl (C=O) groups excluding carboxylic acids is 1. The Morgan fingerprint density at radius 2 is 2.00 bits per heavy atom. The number of hydrogen-bond acceptors (Lipinski definition) is 3. The molecular formula is C14H22N2O3. The lowest BCUT2D eigenvalue weighted by atomic mass is 9.94. The molecule has 3 fully saturated rings. The molecule has 5 nitrogen and oxygen atoms in total. The van der Waals surface area contributed by atoms with Gasteiger partial charge in [0.2, 0.25) is 5.91 Å². The van der Waals surface area contributed by atoms with Crippen LogP contribution in [0.5, 0.6) is 0 Å². The highest BCUT2D eigenvalue weighted by Crippen LogP contribution is 2.42. The van der Waals surface area contributed by atoms with Gasteiger partial charge in [0.25, 0.3) is 0 Å². The van der Waals surface area contributed by atoms with E-state index in [1.54, 1.807) is 4.90 Å². The van der Waals surface area contributed by atoms with Crippen LogP contribution in [0.3, 0.4) is 0 Å². The summed E-state index contributed by atoms with van der Waals surface area (Å²) in [5.41, 5.74) is 0. The van der Waals surface area contributed by atoms with Crippen LogP contribution in [0.4, 0.5) is 0 Å². The van der Waals surface area contributed by atoms with Gasteiger partial charge in [-0.1, -0.05) is 6.42 Å². The minimum atomic E-state index is -0.753. The van der Waals surface area contributed by atoms with E-state index in [0.29, 0.717) is 12.0 Å². The molecule has 2 aliphatic carbocycles. The van der Waals surface area contributed by atoms with Crippen molar-refractivity contribution in [2.75, 3.05) is 20.1 Å². The number of nitrogens with zero attached hydrogens (tertiary/aromatic N) is 2. The molecule has 0 aromatic rings. The molecule has 0 radical (unpaired) electrons. The largest absolute Gasteiger partial charge is 0.480 e. The van der Waals surface area contributed by atoms with E-state index in [-0.39, 0.29) is 18.4 Å². The fourth-order valence-electron chi connectivity index (χ4n) is 3.85. The van der Waals surface area contributed by atoms with Gasteiger partial charge in [0, 0.05) is 19.6 Å². The summed E-state index contributed by atoms with van der Waals surface area (Å²) in [6.45, 7) is 1.06. The minimum absolute atomic E-state index is 0.0775. The molecule has 0 aromatic heterocycles. The van der Waals surface area contributed by atoms with Gasteiger partial charge in [0.1, 0.15) is 6.04 Å². The van der Waals surface area contributed by atoms with Crippen LogP contribution in [-0.2, 0) is 9.59 Å². The molecule has 1 N–H and O–H groups in total. The van der Waals surface area contributed by atoms with Crippen LogP contribution in [0.25, 0.3) is 0 Å². The summed E-state index contributed by atoms with van der Waals surface area (Å²) in [7, 11) is 1.84. The van der Waals surface area contributed by atoms with Gasteiger partial charge in [-0.05, 0) is 37.5 Å². The number of carbonyl (C=O) groups is 2. The van der Waals surface area contributed by atoms with Crippen molar-refractivity contribution in [3.8, 4) is 0 Å². The highest BCUT2D eigenvalue weighted by atomic mass is 16.4. The van der Waals surface area contributed by atoms with E-state index < -0.39 is 12.0 Å². The lowest BCUT2D eigenvalue weighted by molar-refractivity contribution is -0.144. The summed E-state index contributed by atoms with van der Waals surface area (Å²) in [5.74, 6) is 0.0710. The van der Waals surface area contributed by atoms with E-state index in [0.717, 1.165) is 38.6 Å². The molecule has 3 aliphatic rings. The summed E-state index contributed by atoms with van der Waals surface area (Å²) >= 11 is 0. The molecule has 106 valence electrons. The molecule has 1 amide bonds. The van der Waals surface area contributed by atoms with Crippen molar-refractivity contribution in [2.24, 2.45) is 11.8 Å². The molecule has 19 heavy (non-hydrogen) atoms. The van der Waals surface area contributed by atoms with Crippen molar-refractivity contribution >= 4 is 11.9 Å². The second-order valence-electron chi connectivity index (χ2n) is 6.30. The molecule has 5 heteroatoms. The molecule has 0 bridgehead atoms. The molecule has 2 saturated carbocycles. The van der Waals surface area contributed by atoms with Crippen LogP contribution in [0.1, 0.15) is 32.1 Å². The Labute approximate surface area is 113 Å². The normalized spacial score (nSPS) is 34.3. The molecule has 1 heterocycles.